The van der Waals surface area contributed by atoms with E-state index in [0.29, 0.717) is 0 Å². The van der Waals surface area contributed by atoms with Crippen LogP contribution in [-0.4, -0.2) is 10.7 Å². The van der Waals surface area contributed by atoms with Gasteiger partial charge < -0.3 is 5.11 Å². The van der Waals surface area contributed by atoms with Crippen molar-refractivity contribution in [2.24, 2.45) is 11.8 Å². The molecule has 1 nitrogen and oxygen atoms in total. The molecular weight excluding hydrogens is 124 g/mol. The van der Waals surface area contributed by atoms with Gasteiger partial charge in [-0.15, -0.1) is 0 Å². The molecule has 0 aromatic rings. The van der Waals surface area contributed by atoms with Gasteiger partial charge in [0.15, 0.2) is 0 Å². The quantitative estimate of drug-likeness (QED) is 0.595. The molecule has 1 saturated carbocycles. The highest BCUT2D eigenvalue weighted by atomic mass is 16.3. The fourth-order valence-electron chi connectivity index (χ4n) is 2.26. The van der Waals surface area contributed by atoms with Gasteiger partial charge in [0.1, 0.15) is 0 Å². The monoisotopic (exact) mass is 142 g/mol. The van der Waals surface area contributed by atoms with Crippen molar-refractivity contribution >= 4 is 0 Å². The van der Waals surface area contributed by atoms with E-state index in [9.17, 15) is 5.11 Å². The third-order valence-electron chi connectivity index (χ3n) is 2.79. The zero-order chi connectivity index (χ0) is 7.78. The lowest BCUT2D eigenvalue weighted by Crippen LogP contribution is -2.18. The molecule has 3 unspecified atom stereocenters. The van der Waals surface area contributed by atoms with Crippen molar-refractivity contribution in [1.29, 1.82) is 0 Å². The second-order valence-corrected chi connectivity index (χ2v) is 4.05. The lowest BCUT2D eigenvalue weighted by Gasteiger charge is -2.14. The smallest absolute Gasteiger partial charge is 0.0625 e. The SMILES string of the molecule is CCC1CC(C)(O)CC1C. The minimum atomic E-state index is -0.361. The topological polar surface area (TPSA) is 20.2 Å². The van der Waals surface area contributed by atoms with Gasteiger partial charge in [-0.25, -0.2) is 0 Å². The Bertz CT molecular complexity index is 118. The van der Waals surface area contributed by atoms with Gasteiger partial charge in [0.25, 0.3) is 0 Å². The predicted octanol–water partition coefficient (Wildman–Crippen LogP) is 2.19. The Morgan fingerprint density at radius 1 is 1.50 bits per heavy atom. The summed E-state index contributed by atoms with van der Waals surface area (Å²) >= 11 is 0. The zero-order valence-corrected chi connectivity index (χ0v) is 7.22. The molecule has 0 spiro atoms. The zero-order valence-electron chi connectivity index (χ0n) is 7.22. The molecule has 0 heterocycles. The summed E-state index contributed by atoms with van der Waals surface area (Å²) in [6.45, 7) is 6.41. The normalized spacial score (nSPS) is 48.0. The summed E-state index contributed by atoms with van der Waals surface area (Å²) < 4.78 is 0. The van der Waals surface area contributed by atoms with Crippen molar-refractivity contribution in [3.63, 3.8) is 0 Å². The highest BCUT2D eigenvalue weighted by Crippen LogP contribution is 2.40. The van der Waals surface area contributed by atoms with Gasteiger partial charge in [-0.3, -0.25) is 0 Å². The summed E-state index contributed by atoms with van der Waals surface area (Å²) in [5, 5.41) is 9.67. The highest BCUT2D eigenvalue weighted by molar-refractivity contribution is 4.88. The minimum Gasteiger partial charge on any atom is -0.390 e. The van der Waals surface area contributed by atoms with Gasteiger partial charge in [-0.1, -0.05) is 20.3 Å². The Morgan fingerprint density at radius 3 is 2.30 bits per heavy atom. The molecule has 1 aliphatic carbocycles. The number of aliphatic hydroxyl groups is 1. The van der Waals surface area contributed by atoms with E-state index in [1.807, 2.05) is 6.92 Å². The molecule has 0 aromatic carbocycles. The van der Waals surface area contributed by atoms with Crippen molar-refractivity contribution in [3.8, 4) is 0 Å². The average molecular weight is 142 g/mol. The van der Waals surface area contributed by atoms with E-state index in [0.717, 1.165) is 24.7 Å². The second kappa shape index (κ2) is 2.54. The van der Waals surface area contributed by atoms with E-state index in [2.05, 4.69) is 13.8 Å². The molecule has 1 N–H and O–H groups in total. The van der Waals surface area contributed by atoms with Crippen LogP contribution in [0.4, 0.5) is 0 Å². The van der Waals surface area contributed by atoms with Crippen LogP contribution in [0.2, 0.25) is 0 Å². The van der Waals surface area contributed by atoms with Crippen LogP contribution in [0, 0.1) is 11.8 Å². The van der Waals surface area contributed by atoms with Crippen molar-refractivity contribution in [3.05, 3.63) is 0 Å². The summed E-state index contributed by atoms with van der Waals surface area (Å²) in [6.07, 6.45) is 3.22. The fraction of sp³-hybridized carbons (Fsp3) is 1.00. The van der Waals surface area contributed by atoms with Gasteiger partial charge >= 0.3 is 0 Å². The maximum Gasteiger partial charge on any atom is 0.0625 e. The molecule has 0 saturated heterocycles. The predicted molar refractivity (Wildman–Crippen MR) is 42.8 cm³/mol. The Labute approximate surface area is 63.4 Å². The molecule has 1 heteroatoms. The van der Waals surface area contributed by atoms with Gasteiger partial charge in [0, 0.05) is 0 Å². The fourth-order valence-corrected chi connectivity index (χ4v) is 2.26. The lowest BCUT2D eigenvalue weighted by molar-refractivity contribution is 0.0614. The Morgan fingerprint density at radius 2 is 2.10 bits per heavy atom. The number of hydrogen-bond donors (Lipinski definition) is 1. The van der Waals surface area contributed by atoms with Crippen LogP contribution in [0.1, 0.15) is 40.0 Å². The van der Waals surface area contributed by atoms with Crippen LogP contribution in [0.5, 0.6) is 0 Å². The standard InChI is InChI=1S/C9H18O/c1-4-8-6-9(3,10)5-7(8)2/h7-8,10H,4-6H2,1-3H3. The van der Waals surface area contributed by atoms with E-state index < -0.39 is 0 Å². The second-order valence-electron chi connectivity index (χ2n) is 4.05. The summed E-state index contributed by atoms with van der Waals surface area (Å²) in [5.41, 5.74) is -0.361. The third-order valence-corrected chi connectivity index (χ3v) is 2.79. The first-order valence-electron chi connectivity index (χ1n) is 4.27. The summed E-state index contributed by atoms with van der Waals surface area (Å²) in [7, 11) is 0. The maximum atomic E-state index is 9.67. The summed E-state index contributed by atoms with van der Waals surface area (Å²) in [4.78, 5) is 0. The van der Waals surface area contributed by atoms with E-state index >= 15 is 0 Å². The van der Waals surface area contributed by atoms with Gasteiger partial charge in [-0.05, 0) is 31.6 Å². The Kier molecular flexibility index (Phi) is 2.04. The molecular formula is C9H18O. The van der Waals surface area contributed by atoms with Crippen LogP contribution in [0.15, 0.2) is 0 Å². The van der Waals surface area contributed by atoms with Crippen LogP contribution < -0.4 is 0 Å². The molecule has 1 rings (SSSR count). The van der Waals surface area contributed by atoms with E-state index in [1.165, 1.54) is 6.42 Å². The number of rotatable bonds is 1. The van der Waals surface area contributed by atoms with Crippen molar-refractivity contribution < 1.29 is 5.11 Å². The molecule has 10 heavy (non-hydrogen) atoms. The molecule has 1 fully saturated rings. The van der Waals surface area contributed by atoms with Gasteiger partial charge in [0.2, 0.25) is 0 Å². The van der Waals surface area contributed by atoms with Crippen LogP contribution in [0.25, 0.3) is 0 Å². The molecule has 3 atom stereocenters. The molecule has 1 aliphatic rings. The highest BCUT2D eigenvalue weighted by Gasteiger charge is 2.37. The van der Waals surface area contributed by atoms with E-state index in [4.69, 9.17) is 0 Å². The van der Waals surface area contributed by atoms with Crippen LogP contribution in [-0.2, 0) is 0 Å². The molecule has 0 amide bonds. The van der Waals surface area contributed by atoms with E-state index in [1.54, 1.807) is 0 Å². The number of hydrogen-bond acceptors (Lipinski definition) is 1. The van der Waals surface area contributed by atoms with Gasteiger partial charge in [-0.2, -0.15) is 0 Å². The van der Waals surface area contributed by atoms with Crippen molar-refractivity contribution in [2.45, 2.75) is 45.6 Å². The summed E-state index contributed by atoms with van der Waals surface area (Å²) in [5.74, 6) is 1.48. The first-order valence-corrected chi connectivity index (χ1v) is 4.27. The average Bonchev–Trinajstić information content (AvgIpc) is 2.05. The van der Waals surface area contributed by atoms with Gasteiger partial charge in [0.05, 0.1) is 5.60 Å². The molecule has 0 aliphatic heterocycles. The Balaban J connectivity index is 2.52. The summed E-state index contributed by atoms with van der Waals surface area (Å²) in [6, 6.07) is 0. The largest absolute Gasteiger partial charge is 0.390 e. The van der Waals surface area contributed by atoms with E-state index in [-0.39, 0.29) is 5.60 Å². The lowest BCUT2D eigenvalue weighted by atomic mass is 9.96. The molecule has 60 valence electrons. The van der Waals surface area contributed by atoms with Crippen molar-refractivity contribution in [2.75, 3.05) is 0 Å². The van der Waals surface area contributed by atoms with Crippen molar-refractivity contribution in [1.82, 2.24) is 0 Å². The molecule has 0 bridgehead atoms. The first kappa shape index (κ1) is 8.06. The van der Waals surface area contributed by atoms with Crippen LogP contribution >= 0.6 is 0 Å². The molecule has 0 radical (unpaired) electrons. The van der Waals surface area contributed by atoms with Crippen LogP contribution in [0.3, 0.4) is 0 Å². The maximum absolute atomic E-state index is 9.67. The Hall–Kier alpha value is -0.0400. The third kappa shape index (κ3) is 1.51. The first-order chi connectivity index (χ1) is 4.55. The minimum absolute atomic E-state index is 0.361. The molecule has 0 aromatic heterocycles.